The number of hydrogen-bond donors (Lipinski definition) is 1. The number of pyridine rings is 1. The van der Waals surface area contributed by atoms with Gasteiger partial charge in [-0.05, 0) is 25.0 Å². The van der Waals surface area contributed by atoms with Gasteiger partial charge in [-0.25, -0.2) is 4.98 Å². The maximum absolute atomic E-state index is 6.09. The Morgan fingerprint density at radius 3 is 2.93 bits per heavy atom. The molecule has 0 bridgehead atoms. The molecule has 2 N–H and O–H groups in total. The zero-order valence-electron chi connectivity index (χ0n) is 8.53. The van der Waals surface area contributed by atoms with Crippen LogP contribution >= 0.6 is 23.4 Å². The molecule has 2 nitrogen and oxygen atoms in total. The maximum Gasteiger partial charge on any atom is 0.115 e. The van der Waals surface area contributed by atoms with E-state index in [4.69, 9.17) is 17.3 Å². The van der Waals surface area contributed by atoms with Crippen LogP contribution in [-0.4, -0.2) is 16.3 Å². The maximum atomic E-state index is 6.09. The Morgan fingerprint density at radius 1 is 1.40 bits per heavy atom. The van der Waals surface area contributed by atoms with Gasteiger partial charge in [-0.15, -0.1) is 0 Å². The van der Waals surface area contributed by atoms with Crippen LogP contribution in [0.3, 0.4) is 0 Å². The summed E-state index contributed by atoms with van der Waals surface area (Å²) in [6.07, 6.45) is 6.62. The molecule has 0 saturated heterocycles. The predicted octanol–water partition coefficient (Wildman–Crippen LogP) is 3.10. The molecule has 1 aliphatic rings. The number of nitrogens with two attached hydrogens (primary N) is 1. The lowest BCUT2D eigenvalue weighted by atomic mass is 9.96. The standard InChI is InChI=1S/C11H15ClN2S/c12-8-4-3-7-14-11(8)15-10-6-2-1-5-9(10)13/h3-4,7,9-10H,1-2,5-6,13H2. The van der Waals surface area contributed by atoms with Crippen molar-refractivity contribution in [3.05, 3.63) is 23.4 Å². The number of halogens is 1. The van der Waals surface area contributed by atoms with E-state index < -0.39 is 0 Å². The summed E-state index contributed by atoms with van der Waals surface area (Å²) in [5.74, 6) is 0. The summed E-state index contributed by atoms with van der Waals surface area (Å²) >= 11 is 7.80. The second-order valence-electron chi connectivity index (χ2n) is 3.89. The fourth-order valence-corrected chi connectivity index (χ4v) is 3.31. The van der Waals surface area contributed by atoms with Gasteiger partial charge in [-0.2, -0.15) is 0 Å². The van der Waals surface area contributed by atoms with E-state index in [1.165, 1.54) is 19.3 Å². The topological polar surface area (TPSA) is 38.9 Å². The molecule has 4 heteroatoms. The molecule has 82 valence electrons. The van der Waals surface area contributed by atoms with Gasteiger partial charge in [0.25, 0.3) is 0 Å². The van der Waals surface area contributed by atoms with Crippen molar-refractivity contribution in [1.29, 1.82) is 0 Å². The van der Waals surface area contributed by atoms with Crippen molar-refractivity contribution >= 4 is 23.4 Å². The van der Waals surface area contributed by atoms with Gasteiger partial charge in [-0.3, -0.25) is 0 Å². The summed E-state index contributed by atoms with van der Waals surface area (Å²) in [5, 5.41) is 2.13. The van der Waals surface area contributed by atoms with Gasteiger partial charge in [0.1, 0.15) is 5.03 Å². The minimum Gasteiger partial charge on any atom is -0.327 e. The van der Waals surface area contributed by atoms with E-state index in [2.05, 4.69) is 4.98 Å². The van der Waals surface area contributed by atoms with Crippen LogP contribution < -0.4 is 5.73 Å². The number of rotatable bonds is 2. The van der Waals surface area contributed by atoms with Gasteiger partial charge >= 0.3 is 0 Å². The molecule has 1 aromatic rings. The first kappa shape index (κ1) is 11.2. The third-order valence-electron chi connectivity index (χ3n) is 2.74. The van der Waals surface area contributed by atoms with Gasteiger partial charge in [-0.1, -0.05) is 36.2 Å². The van der Waals surface area contributed by atoms with Crippen molar-refractivity contribution in [3.8, 4) is 0 Å². The predicted molar refractivity (Wildman–Crippen MR) is 65.3 cm³/mol. The molecule has 2 rings (SSSR count). The fourth-order valence-electron chi connectivity index (χ4n) is 1.87. The van der Waals surface area contributed by atoms with Crippen molar-refractivity contribution < 1.29 is 0 Å². The molecular weight excluding hydrogens is 228 g/mol. The van der Waals surface area contributed by atoms with Gasteiger partial charge in [0.15, 0.2) is 0 Å². The van der Waals surface area contributed by atoms with Crippen LogP contribution in [0.15, 0.2) is 23.4 Å². The lowest BCUT2D eigenvalue weighted by Crippen LogP contribution is -2.35. The Balaban J connectivity index is 2.04. The molecule has 1 heterocycles. The highest BCUT2D eigenvalue weighted by molar-refractivity contribution is 8.00. The molecule has 1 saturated carbocycles. The van der Waals surface area contributed by atoms with E-state index in [9.17, 15) is 0 Å². The van der Waals surface area contributed by atoms with Crippen LogP contribution in [-0.2, 0) is 0 Å². The van der Waals surface area contributed by atoms with E-state index in [1.54, 1.807) is 18.0 Å². The normalized spacial score (nSPS) is 26.5. The molecule has 2 atom stereocenters. The molecule has 1 fully saturated rings. The zero-order valence-corrected chi connectivity index (χ0v) is 10.1. The number of nitrogens with zero attached hydrogens (tertiary/aromatic N) is 1. The van der Waals surface area contributed by atoms with Gasteiger partial charge in [0.05, 0.1) is 5.02 Å². The summed E-state index contributed by atoms with van der Waals surface area (Å²) in [5.41, 5.74) is 6.09. The largest absolute Gasteiger partial charge is 0.327 e. The quantitative estimate of drug-likeness (QED) is 0.866. The molecule has 0 radical (unpaired) electrons. The highest BCUT2D eigenvalue weighted by atomic mass is 35.5. The van der Waals surface area contributed by atoms with Crippen LogP contribution in [0.5, 0.6) is 0 Å². The highest BCUT2D eigenvalue weighted by Crippen LogP contribution is 2.34. The Kier molecular flexibility index (Phi) is 3.89. The van der Waals surface area contributed by atoms with Crippen LogP contribution in [0.2, 0.25) is 5.02 Å². The van der Waals surface area contributed by atoms with Crippen molar-refractivity contribution in [2.45, 2.75) is 42.0 Å². The summed E-state index contributed by atoms with van der Waals surface area (Å²) < 4.78 is 0. The van der Waals surface area contributed by atoms with E-state index in [1.807, 2.05) is 12.1 Å². The molecule has 2 unspecified atom stereocenters. The number of hydrogen-bond acceptors (Lipinski definition) is 3. The Hall–Kier alpha value is -0.250. The third kappa shape index (κ3) is 2.86. The fraction of sp³-hybridized carbons (Fsp3) is 0.545. The monoisotopic (exact) mass is 242 g/mol. The molecule has 0 aromatic carbocycles. The lowest BCUT2D eigenvalue weighted by molar-refractivity contribution is 0.453. The first-order valence-electron chi connectivity index (χ1n) is 5.30. The van der Waals surface area contributed by atoms with Gasteiger partial charge in [0.2, 0.25) is 0 Å². The van der Waals surface area contributed by atoms with Crippen molar-refractivity contribution in [3.63, 3.8) is 0 Å². The highest BCUT2D eigenvalue weighted by Gasteiger charge is 2.23. The van der Waals surface area contributed by atoms with Crippen molar-refractivity contribution in [2.24, 2.45) is 5.73 Å². The lowest BCUT2D eigenvalue weighted by Gasteiger charge is -2.27. The smallest absolute Gasteiger partial charge is 0.115 e. The minimum absolute atomic E-state index is 0.293. The first-order valence-corrected chi connectivity index (χ1v) is 6.56. The molecular formula is C11H15ClN2S. The Labute approximate surface area is 99.6 Å². The summed E-state index contributed by atoms with van der Waals surface area (Å²) in [6, 6.07) is 4.03. The van der Waals surface area contributed by atoms with E-state index in [0.717, 1.165) is 16.5 Å². The van der Waals surface area contributed by atoms with Crippen LogP contribution in [0.25, 0.3) is 0 Å². The molecule has 1 aromatic heterocycles. The summed E-state index contributed by atoms with van der Waals surface area (Å²) in [4.78, 5) is 4.28. The third-order valence-corrected chi connectivity index (χ3v) is 4.60. The van der Waals surface area contributed by atoms with E-state index >= 15 is 0 Å². The molecule has 1 aliphatic carbocycles. The van der Waals surface area contributed by atoms with Gasteiger partial charge < -0.3 is 5.73 Å². The summed E-state index contributed by atoms with van der Waals surface area (Å²) in [6.45, 7) is 0. The van der Waals surface area contributed by atoms with E-state index in [-0.39, 0.29) is 0 Å². The number of thioether (sulfide) groups is 1. The Bertz CT molecular complexity index is 332. The van der Waals surface area contributed by atoms with Crippen molar-refractivity contribution in [1.82, 2.24) is 4.98 Å². The zero-order chi connectivity index (χ0) is 10.7. The molecule has 0 spiro atoms. The molecule has 0 amide bonds. The van der Waals surface area contributed by atoms with Crippen LogP contribution in [0.1, 0.15) is 25.7 Å². The second kappa shape index (κ2) is 5.19. The van der Waals surface area contributed by atoms with Crippen molar-refractivity contribution in [2.75, 3.05) is 0 Å². The molecule has 0 aliphatic heterocycles. The molecule has 15 heavy (non-hydrogen) atoms. The Morgan fingerprint density at radius 2 is 2.20 bits per heavy atom. The average Bonchev–Trinajstić information content (AvgIpc) is 2.24. The van der Waals surface area contributed by atoms with Gasteiger partial charge in [0, 0.05) is 17.5 Å². The second-order valence-corrected chi connectivity index (χ2v) is 5.53. The average molecular weight is 243 g/mol. The van der Waals surface area contributed by atoms with Crippen LogP contribution in [0.4, 0.5) is 0 Å². The number of aromatic nitrogens is 1. The first-order chi connectivity index (χ1) is 7.27. The minimum atomic E-state index is 0.293. The SMILES string of the molecule is NC1CCCCC1Sc1ncccc1Cl. The summed E-state index contributed by atoms with van der Waals surface area (Å²) in [7, 11) is 0. The van der Waals surface area contributed by atoms with Crippen LogP contribution in [0, 0.1) is 0 Å². The van der Waals surface area contributed by atoms with E-state index in [0.29, 0.717) is 11.3 Å².